The van der Waals surface area contributed by atoms with E-state index in [-0.39, 0.29) is 0 Å². The van der Waals surface area contributed by atoms with E-state index >= 15 is 0 Å². The normalized spacial score (nSPS) is 11.6. The van der Waals surface area contributed by atoms with Crippen LogP contribution in [-0.2, 0) is 0 Å². The molecule has 0 N–H and O–H groups in total. The zero-order valence-corrected chi connectivity index (χ0v) is 23.6. The molecule has 0 saturated heterocycles. The van der Waals surface area contributed by atoms with Gasteiger partial charge in [-0.3, -0.25) is 0 Å². The Labute approximate surface area is 253 Å². The molecule has 0 unspecified atom stereocenters. The van der Waals surface area contributed by atoms with Crippen molar-refractivity contribution >= 4 is 43.2 Å². The minimum absolute atomic E-state index is 0.679. The van der Waals surface area contributed by atoms with E-state index in [4.69, 9.17) is 15.0 Å². The summed E-state index contributed by atoms with van der Waals surface area (Å²) >= 11 is 0. The molecule has 0 saturated carbocycles. The Morgan fingerprint density at radius 1 is 0.386 bits per heavy atom. The van der Waals surface area contributed by atoms with Crippen LogP contribution in [0.3, 0.4) is 0 Å². The first-order valence-corrected chi connectivity index (χ1v) is 14.7. The first-order valence-electron chi connectivity index (χ1n) is 14.7. The maximum absolute atomic E-state index is 5.18. The van der Waals surface area contributed by atoms with Crippen molar-refractivity contribution in [2.24, 2.45) is 0 Å². The minimum atomic E-state index is 0.679. The first-order chi connectivity index (χ1) is 21.8. The summed E-state index contributed by atoms with van der Waals surface area (Å²) in [5.74, 6) is 1.38. The quantitative estimate of drug-likeness (QED) is 0.201. The Kier molecular flexibility index (Phi) is 5.47. The van der Waals surface area contributed by atoms with Gasteiger partial charge in [-0.2, -0.15) is 0 Å². The van der Waals surface area contributed by atoms with Crippen molar-refractivity contribution in [3.8, 4) is 45.3 Å². The van der Waals surface area contributed by atoms with Crippen LogP contribution in [0.4, 0.5) is 0 Å². The standard InChI is InChI=1S/C40H24N4/c1-2-7-25(8-3-1)35-23-36(32-21-19-28-14-13-26-10-6-11-27-20-22-33(32)38(28)37(26)27)44-40(43-35)30-17-15-29(16-18-30)39-41-24-31-9-4-5-12-34(31)42-39/h1-24H. The van der Waals surface area contributed by atoms with Crippen molar-refractivity contribution in [2.75, 3.05) is 0 Å². The number of hydrogen-bond acceptors (Lipinski definition) is 4. The summed E-state index contributed by atoms with van der Waals surface area (Å²) in [6, 6.07) is 48.5. The molecule has 7 aromatic carbocycles. The number of rotatable bonds is 4. The summed E-state index contributed by atoms with van der Waals surface area (Å²) in [6.07, 6.45) is 1.88. The van der Waals surface area contributed by atoms with Crippen molar-refractivity contribution in [1.29, 1.82) is 0 Å². The zero-order valence-electron chi connectivity index (χ0n) is 23.6. The molecular formula is C40H24N4. The summed E-state index contributed by atoms with van der Waals surface area (Å²) < 4.78 is 0. The molecule has 0 bridgehead atoms. The van der Waals surface area contributed by atoms with Gasteiger partial charge < -0.3 is 0 Å². The van der Waals surface area contributed by atoms with Crippen LogP contribution in [0.2, 0.25) is 0 Å². The monoisotopic (exact) mass is 560 g/mol. The molecule has 0 aliphatic rings. The van der Waals surface area contributed by atoms with E-state index in [2.05, 4.69) is 89.9 Å². The lowest BCUT2D eigenvalue weighted by Crippen LogP contribution is -1.97. The molecule has 2 heterocycles. The van der Waals surface area contributed by atoms with Gasteiger partial charge in [0.1, 0.15) is 0 Å². The molecule has 0 spiro atoms. The fourth-order valence-corrected chi connectivity index (χ4v) is 6.31. The Morgan fingerprint density at radius 3 is 1.84 bits per heavy atom. The van der Waals surface area contributed by atoms with Gasteiger partial charge in [0.2, 0.25) is 0 Å². The molecule has 204 valence electrons. The predicted molar refractivity (Wildman–Crippen MR) is 181 cm³/mol. The Hall–Kier alpha value is -6.00. The van der Waals surface area contributed by atoms with Crippen LogP contribution in [0.5, 0.6) is 0 Å². The first kappa shape index (κ1) is 24.6. The lowest BCUT2D eigenvalue weighted by Gasteiger charge is -2.15. The molecule has 4 heteroatoms. The van der Waals surface area contributed by atoms with Gasteiger partial charge in [-0.25, -0.2) is 19.9 Å². The largest absolute Gasteiger partial charge is 0.236 e. The maximum atomic E-state index is 5.18. The van der Waals surface area contributed by atoms with Gasteiger partial charge in [0.05, 0.1) is 16.9 Å². The van der Waals surface area contributed by atoms with Crippen LogP contribution in [0.1, 0.15) is 0 Å². The Morgan fingerprint density at radius 2 is 1.02 bits per heavy atom. The summed E-state index contributed by atoms with van der Waals surface area (Å²) in [4.78, 5) is 19.6. The van der Waals surface area contributed by atoms with Gasteiger partial charge in [-0.15, -0.1) is 0 Å². The third kappa shape index (κ3) is 4.00. The third-order valence-corrected chi connectivity index (χ3v) is 8.49. The SMILES string of the molecule is c1ccc(-c2cc(-c3ccc4ccc5cccc6ccc3c4c56)nc(-c3ccc(-c4ncc5ccccc5n4)cc3)n2)cc1. The minimum Gasteiger partial charge on any atom is -0.236 e. The number of para-hydroxylation sites is 1. The molecule has 0 amide bonds. The molecule has 2 aromatic heterocycles. The highest BCUT2D eigenvalue weighted by Gasteiger charge is 2.16. The summed E-state index contributed by atoms with van der Waals surface area (Å²) in [5.41, 5.74) is 6.75. The van der Waals surface area contributed by atoms with Crippen molar-refractivity contribution in [2.45, 2.75) is 0 Å². The van der Waals surface area contributed by atoms with Crippen LogP contribution >= 0.6 is 0 Å². The average molecular weight is 561 g/mol. The smallest absolute Gasteiger partial charge is 0.160 e. The fraction of sp³-hybridized carbons (Fsp3) is 0. The molecule has 44 heavy (non-hydrogen) atoms. The molecule has 0 aliphatic heterocycles. The molecule has 0 radical (unpaired) electrons. The highest BCUT2D eigenvalue weighted by atomic mass is 14.9. The van der Waals surface area contributed by atoms with Crippen molar-refractivity contribution < 1.29 is 0 Å². The fourth-order valence-electron chi connectivity index (χ4n) is 6.31. The van der Waals surface area contributed by atoms with E-state index in [1.165, 1.54) is 32.3 Å². The molecule has 0 atom stereocenters. The zero-order chi connectivity index (χ0) is 29.0. The summed E-state index contributed by atoms with van der Waals surface area (Å²) in [7, 11) is 0. The van der Waals surface area contributed by atoms with Crippen LogP contribution in [-0.4, -0.2) is 19.9 Å². The number of benzene rings is 7. The number of fused-ring (bicyclic) bond motifs is 1. The van der Waals surface area contributed by atoms with E-state index in [9.17, 15) is 0 Å². The molecule has 4 nitrogen and oxygen atoms in total. The topological polar surface area (TPSA) is 51.6 Å². The van der Waals surface area contributed by atoms with E-state index in [1.54, 1.807) is 0 Å². The highest BCUT2D eigenvalue weighted by Crippen LogP contribution is 2.39. The van der Waals surface area contributed by atoms with Gasteiger partial charge in [-0.05, 0) is 44.5 Å². The van der Waals surface area contributed by atoms with Gasteiger partial charge in [0.15, 0.2) is 11.6 Å². The van der Waals surface area contributed by atoms with Crippen LogP contribution in [0.15, 0.2) is 146 Å². The molecule has 9 aromatic rings. The second-order valence-electron chi connectivity index (χ2n) is 11.1. The van der Waals surface area contributed by atoms with E-state index < -0.39 is 0 Å². The summed E-state index contributed by atoms with van der Waals surface area (Å²) in [6.45, 7) is 0. The number of nitrogens with zero attached hydrogens (tertiary/aromatic N) is 4. The Balaban J connectivity index is 1.21. The van der Waals surface area contributed by atoms with Crippen molar-refractivity contribution in [3.05, 3.63) is 146 Å². The third-order valence-electron chi connectivity index (χ3n) is 8.49. The number of aromatic nitrogens is 4. The molecule has 0 aliphatic carbocycles. The lowest BCUT2D eigenvalue weighted by molar-refractivity contribution is 1.18. The van der Waals surface area contributed by atoms with E-state index in [0.29, 0.717) is 11.6 Å². The van der Waals surface area contributed by atoms with Crippen molar-refractivity contribution in [3.63, 3.8) is 0 Å². The highest BCUT2D eigenvalue weighted by molar-refractivity contribution is 6.25. The summed E-state index contributed by atoms with van der Waals surface area (Å²) in [5, 5.41) is 8.53. The van der Waals surface area contributed by atoms with Gasteiger partial charge in [0, 0.05) is 33.8 Å². The molecule has 0 fully saturated rings. The second kappa shape index (κ2) is 9.79. The molecule has 9 rings (SSSR count). The lowest BCUT2D eigenvalue weighted by atomic mass is 9.91. The Bertz CT molecular complexity index is 2470. The van der Waals surface area contributed by atoms with Crippen LogP contribution in [0.25, 0.3) is 88.5 Å². The van der Waals surface area contributed by atoms with Crippen LogP contribution < -0.4 is 0 Å². The average Bonchev–Trinajstić information content (AvgIpc) is 3.10. The van der Waals surface area contributed by atoms with Crippen LogP contribution in [0, 0.1) is 0 Å². The van der Waals surface area contributed by atoms with Gasteiger partial charge in [-0.1, -0.05) is 127 Å². The van der Waals surface area contributed by atoms with E-state index in [1.807, 2.05) is 60.8 Å². The van der Waals surface area contributed by atoms with Gasteiger partial charge in [0.25, 0.3) is 0 Å². The molecular weight excluding hydrogens is 536 g/mol. The van der Waals surface area contributed by atoms with E-state index in [0.717, 1.165) is 44.5 Å². The van der Waals surface area contributed by atoms with Crippen molar-refractivity contribution in [1.82, 2.24) is 19.9 Å². The van der Waals surface area contributed by atoms with Gasteiger partial charge >= 0.3 is 0 Å². The second-order valence-corrected chi connectivity index (χ2v) is 11.1. The maximum Gasteiger partial charge on any atom is 0.160 e. The number of hydrogen-bond donors (Lipinski definition) is 0. The predicted octanol–water partition coefficient (Wildman–Crippen LogP) is 9.99.